The minimum Gasteiger partial charge on any atom is -0.348 e. The molecule has 1 saturated carbocycles. The van der Waals surface area contributed by atoms with Crippen molar-refractivity contribution in [3.63, 3.8) is 0 Å². The van der Waals surface area contributed by atoms with E-state index in [2.05, 4.69) is 17.5 Å². The van der Waals surface area contributed by atoms with Gasteiger partial charge >= 0.3 is 0 Å². The van der Waals surface area contributed by atoms with Crippen LogP contribution in [0.4, 0.5) is 0 Å². The van der Waals surface area contributed by atoms with Gasteiger partial charge < -0.3 is 14.8 Å². The molecule has 0 radical (unpaired) electrons. The van der Waals surface area contributed by atoms with Gasteiger partial charge in [0.25, 0.3) is 0 Å². The summed E-state index contributed by atoms with van der Waals surface area (Å²) in [5.41, 5.74) is 1.58. The standard InChI is InChI=1S/C20H24N2O3/c21-14-19(8-10-20(11-9-19)24-12-13-25-20)22-18(23)17-7-3-5-15-4-1-2-6-16(15)17/h1-2,4,6,17H,3,5,7-13H2,(H,22,23). The second-order valence-corrected chi connectivity index (χ2v) is 7.43. The zero-order chi connectivity index (χ0) is 17.3. The van der Waals surface area contributed by atoms with Gasteiger partial charge in [-0.25, -0.2) is 0 Å². The van der Waals surface area contributed by atoms with Crippen LogP contribution in [0.2, 0.25) is 0 Å². The van der Waals surface area contributed by atoms with Gasteiger partial charge in [0.05, 0.1) is 25.2 Å². The molecule has 1 amide bonds. The molecule has 3 aliphatic rings. The topological polar surface area (TPSA) is 71.4 Å². The lowest BCUT2D eigenvalue weighted by Gasteiger charge is -2.40. The number of ether oxygens (including phenoxy) is 2. The monoisotopic (exact) mass is 340 g/mol. The molecular weight excluding hydrogens is 316 g/mol. The van der Waals surface area contributed by atoms with E-state index >= 15 is 0 Å². The first-order valence-electron chi connectivity index (χ1n) is 9.24. The van der Waals surface area contributed by atoms with Crippen LogP contribution in [0.15, 0.2) is 24.3 Å². The summed E-state index contributed by atoms with van der Waals surface area (Å²) in [4.78, 5) is 13.0. The molecule has 1 heterocycles. The van der Waals surface area contributed by atoms with Crippen LogP contribution >= 0.6 is 0 Å². The molecule has 25 heavy (non-hydrogen) atoms. The predicted octanol–water partition coefficient (Wildman–Crippen LogP) is 2.80. The van der Waals surface area contributed by atoms with Gasteiger partial charge in [-0.3, -0.25) is 4.79 Å². The summed E-state index contributed by atoms with van der Waals surface area (Å²) in [6.07, 6.45) is 5.35. The fourth-order valence-corrected chi connectivity index (χ4v) is 4.46. The summed E-state index contributed by atoms with van der Waals surface area (Å²) in [7, 11) is 0. The van der Waals surface area contributed by atoms with Gasteiger partial charge in [-0.05, 0) is 43.2 Å². The van der Waals surface area contributed by atoms with Crippen molar-refractivity contribution < 1.29 is 14.3 Å². The molecule has 132 valence electrons. The Morgan fingerprint density at radius 3 is 2.60 bits per heavy atom. The third-order valence-electron chi connectivity index (χ3n) is 5.94. The number of carbonyl (C=O) groups is 1. The van der Waals surface area contributed by atoms with Crippen molar-refractivity contribution in [3.8, 4) is 6.07 Å². The lowest BCUT2D eigenvalue weighted by atomic mass is 9.77. The van der Waals surface area contributed by atoms with Crippen LogP contribution in [-0.4, -0.2) is 30.4 Å². The SMILES string of the molecule is N#CC1(NC(=O)C2CCCc3ccccc32)CCC2(CC1)OCCO2. The van der Waals surface area contributed by atoms with Gasteiger partial charge in [0, 0.05) is 12.8 Å². The van der Waals surface area contributed by atoms with Gasteiger partial charge in [0.2, 0.25) is 5.91 Å². The average Bonchev–Trinajstić information content (AvgIpc) is 3.12. The number of hydrogen-bond donors (Lipinski definition) is 1. The van der Waals surface area contributed by atoms with Crippen LogP contribution in [0.1, 0.15) is 55.6 Å². The quantitative estimate of drug-likeness (QED) is 0.899. The molecule has 1 aromatic carbocycles. The Labute approximate surface area is 148 Å². The first kappa shape index (κ1) is 16.6. The molecule has 1 aliphatic heterocycles. The average molecular weight is 340 g/mol. The molecule has 0 aromatic heterocycles. The van der Waals surface area contributed by atoms with Crippen LogP contribution in [0.3, 0.4) is 0 Å². The second kappa shape index (κ2) is 6.44. The second-order valence-electron chi connectivity index (χ2n) is 7.43. The largest absolute Gasteiger partial charge is 0.348 e. The fraction of sp³-hybridized carbons (Fsp3) is 0.600. The van der Waals surface area contributed by atoms with E-state index in [1.165, 1.54) is 5.56 Å². The highest BCUT2D eigenvalue weighted by Crippen LogP contribution is 2.41. The van der Waals surface area contributed by atoms with Gasteiger partial charge in [-0.1, -0.05) is 24.3 Å². The van der Waals surface area contributed by atoms with Crippen LogP contribution in [0.25, 0.3) is 0 Å². The van der Waals surface area contributed by atoms with Gasteiger partial charge in [0.1, 0.15) is 5.54 Å². The van der Waals surface area contributed by atoms with E-state index in [1.807, 2.05) is 18.2 Å². The molecule has 2 fully saturated rings. The smallest absolute Gasteiger partial charge is 0.228 e. The summed E-state index contributed by atoms with van der Waals surface area (Å²) in [6.45, 7) is 1.23. The van der Waals surface area contributed by atoms with Crippen LogP contribution in [0.5, 0.6) is 0 Å². The molecule has 0 bridgehead atoms. The van der Waals surface area contributed by atoms with Gasteiger partial charge in [0.15, 0.2) is 5.79 Å². The zero-order valence-corrected chi connectivity index (χ0v) is 14.4. The van der Waals surface area contributed by atoms with E-state index in [1.54, 1.807) is 0 Å². The molecule has 1 spiro atoms. The van der Waals surface area contributed by atoms with Crippen LogP contribution < -0.4 is 5.32 Å². The number of hydrogen-bond acceptors (Lipinski definition) is 4. The number of nitriles is 1. The summed E-state index contributed by atoms with van der Waals surface area (Å²) in [6, 6.07) is 10.5. The Hall–Kier alpha value is -1.90. The molecule has 1 atom stereocenters. The predicted molar refractivity (Wildman–Crippen MR) is 91.7 cm³/mol. The molecule has 1 saturated heterocycles. The van der Waals surface area contributed by atoms with Crippen molar-refractivity contribution in [3.05, 3.63) is 35.4 Å². The summed E-state index contributed by atoms with van der Waals surface area (Å²) in [5.74, 6) is -0.689. The Bertz CT molecular complexity index is 693. The Kier molecular flexibility index (Phi) is 4.26. The normalized spacial score (nSPS) is 26.6. The third kappa shape index (κ3) is 3.05. The number of fused-ring (bicyclic) bond motifs is 1. The van der Waals surface area contributed by atoms with Crippen molar-refractivity contribution >= 4 is 5.91 Å². The molecular formula is C20H24N2O3. The maximum Gasteiger partial charge on any atom is 0.228 e. The molecule has 1 N–H and O–H groups in total. The molecule has 1 unspecified atom stereocenters. The van der Waals surface area contributed by atoms with Crippen molar-refractivity contribution in [1.29, 1.82) is 5.26 Å². The Morgan fingerprint density at radius 2 is 1.88 bits per heavy atom. The fourth-order valence-electron chi connectivity index (χ4n) is 4.46. The zero-order valence-electron chi connectivity index (χ0n) is 14.4. The summed E-state index contributed by atoms with van der Waals surface area (Å²) >= 11 is 0. The number of rotatable bonds is 2. The van der Waals surface area contributed by atoms with E-state index in [0.717, 1.165) is 24.8 Å². The van der Waals surface area contributed by atoms with E-state index in [4.69, 9.17) is 9.47 Å². The number of nitrogens with zero attached hydrogens (tertiary/aromatic N) is 1. The van der Waals surface area contributed by atoms with Gasteiger partial charge in [-0.2, -0.15) is 5.26 Å². The Morgan fingerprint density at radius 1 is 1.16 bits per heavy atom. The Balaban J connectivity index is 1.48. The molecule has 5 heteroatoms. The summed E-state index contributed by atoms with van der Waals surface area (Å²) in [5, 5.41) is 12.9. The van der Waals surface area contributed by atoms with Crippen molar-refractivity contribution in [2.24, 2.45) is 0 Å². The number of aryl methyl sites for hydroxylation is 1. The molecule has 4 rings (SSSR count). The number of nitrogens with one attached hydrogen (secondary N) is 1. The first-order chi connectivity index (χ1) is 12.2. The maximum atomic E-state index is 13.0. The minimum atomic E-state index is -0.802. The van der Waals surface area contributed by atoms with Crippen LogP contribution in [0, 0.1) is 11.3 Å². The summed E-state index contributed by atoms with van der Waals surface area (Å²) < 4.78 is 11.5. The van der Waals surface area contributed by atoms with Crippen molar-refractivity contribution in [2.45, 2.75) is 62.2 Å². The molecule has 2 aliphatic carbocycles. The van der Waals surface area contributed by atoms with Crippen molar-refractivity contribution in [1.82, 2.24) is 5.32 Å². The van der Waals surface area contributed by atoms with Crippen molar-refractivity contribution in [2.75, 3.05) is 13.2 Å². The number of amides is 1. The van der Waals surface area contributed by atoms with E-state index in [-0.39, 0.29) is 11.8 Å². The highest BCUT2D eigenvalue weighted by molar-refractivity contribution is 5.85. The lowest BCUT2D eigenvalue weighted by Crippen LogP contribution is -2.54. The van der Waals surface area contributed by atoms with Gasteiger partial charge in [-0.15, -0.1) is 0 Å². The third-order valence-corrected chi connectivity index (χ3v) is 5.94. The van der Waals surface area contributed by atoms with E-state index in [0.29, 0.717) is 38.9 Å². The van der Waals surface area contributed by atoms with Crippen LogP contribution in [-0.2, 0) is 20.7 Å². The minimum absolute atomic E-state index is 0.0158. The highest BCUT2D eigenvalue weighted by Gasteiger charge is 2.47. The lowest BCUT2D eigenvalue weighted by molar-refractivity contribution is -0.183. The maximum absolute atomic E-state index is 13.0. The first-order valence-corrected chi connectivity index (χ1v) is 9.24. The number of carbonyl (C=O) groups excluding carboxylic acids is 1. The van der Waals surface area contributed by atoms with E-state index in [9.17, 15) is 10.1 Å². The highest BCUT2D eigenvalue weighted by atomic mass is 16.7. The molecule has 1 aromatic rings. The molecule has 5 nitrogen and oxygen atoms in total. The number of benzene rings is 1. The van der Waals surface area contributed by atoms with E-state index < -0.39 is 11.3 Å².